The van der Waals surface area contributed by atoms with Gasteiger partial charge in [-0.25, -0.2) is 0 Å². The van der Waals surface area contributed by atoms with Crippen LogP contribution < -0.4 is 14.9 Å². The van der Waals surface area contributed by atoms with Crippen LogP contribution in [-0.2, 0) is 12.8 Å². The van der Waals surface area contributed by atoms with Crippen molar-refractivity contribution < 1.29 is 14.3 Å². The van der Waals surface area contributed by atoms with E-state index in [4.69, 9.17) is 9.47 Å². The molecule has 1 aromatic heterocycles. The van der Waals surface area contributed by atoms with Crippen LogP contribution in [0.4, 0.5) is 0 Å². The molecule has 1 aliphatic rings. The van der Waals surface area contributed by atoms with Gasteiger partial charge in [-0.15, -0.1) is 4.91 Å². The molecule has 0 saturated heterocycles. The van der Waals surface area contributed by atoms with Gasteiger partial charge in [0.15, 0.2) is 16.9 Å². The molecule has 0 aliphatic carbocycles. The van der Waals surface area contributed by atoms with E-state index in [1.807, 2.05) is 47.0 Å². The normalized spacial score (nSPS) is 14.4. The lowest BCUT2D eigenvalue weighted by atomic mass is 9.89. The van der Waals surface area contributed by atoms with Crippen LogP contribution in [0.25, 0.3) is 11.3 Å². The summed E-state index contributed by atoms with van der Waals surface area (Å²) in [7, 11) is 3.13. The molecule has 30 heavy (non-hydrogen) atoms. The van der Waals surface area contributed by atoms with Gasteiger partial charge in [-0.2, -0.15) is 0 Å². The van der Waals surface area contributed by atoms with Crippen molar-refractivity contribution in [3.05, 3.63) is 86.5 Å². The first-order chi connectivity index (χ1) is 14.5. The van der Waals surface area contributed by atoms with Gasteiger partial charge in [0.2, 0.25) is 0 Å². The smallest absolute Gasteiger partial charge is 0.322 e. The average Bonchev–Trinajstić information content (AvgIpc) is 2.78. The number of benzene rings is 2. The Morgan fingerprint density at radius 3 is 2.47 bits per heavy atom. The number of nitrogens with zero attached hydrogens (tertiary/aromatic N) is 2. The zero-order valence-corrected chi connectivity index (χ0v) is 16.6. The van der Waals surface area contributed by atoms with Gasteiger partial charge in [-0.1, -0.05) is 30.3 Å². The highest BCUT2D eigenvalue weighted by Crippen LogP contribution is 2.41. The van der Waals surface area contributed by atoms with Crippen molar-refractivity contribution >= 4 is 5.91 Å². The van der Waals surface area contributed by atoms with Crippen molar-refractivity contribution in [2.75, 3.05) is 14.2 Å². The summed E-state index contributed by atoms with van der Waals surface area (Å²) < 4.78 is 12.8. The maximum absolute atomic E-state index is 12.6. The molecule has 7 heteroatoms. The molecule has 0 bridgehead atoms. The lowest BCUT2D eigenvalue weighted by molar-refractivity contribution is 0.0999. The van der Waals surface area contributed by atoms with Crippen molar-refractivity contribution in [2.45, 2.75) is 18.9 Å². The van der Waals surface area contributed by atoms with E-state index in [1.165, 1.54) is 12.3 Å². The largest absolute Gasteiger partial charge is 0.493 e. The number of hydrogen-bond acceptors (Lipinski definition) is 5. The first kappa shape index (κ1) is 19.6. The highest BCUT2D eigenvalue weighted by molar-refractivity contribution is 5.94. The molecular formula is C23H20N2O5. The van der Waals surface area contributed by atoms with Crippen LogP contribution in [0.15, 0.2) is 64.7 Å². The Balaban J connectivity index is 1.92. The van der Waals surface area contributed by atoms with E-state index in [2.05, 4.69) is 5.18 Å². The number of carbonyl (C=O) groups excluding carboxylic acids is 1. The van der Waals surface area contributed by atoms with Gasteiger partial charge in [0, 0.05) is 29.0 Å². The van der Waals surface area contributed by atoms with Crippen molar-refractivity contribution in [3.8, 4) is 22.8 Å². The van der Waals surface area contributed by atoms with Crippen molar-refractivity contribution in [2.24, 2.45) is 5.18 Å². The minimum Gasteiger partial charge on any atom is -0.493 e. The summed E-state index contributed by atoms with van der Waals surface area (Å²) in [5.74, 6) is 0.0980. The Morgan fingerprint density at radius 2 is 1.80 bits per heavy atom. The summed E-state index contributed by atoms with van der Waals surface area (Å²) in [6.45, 7) is 0. The fourth-order valence-corrected chi connectivity index (χ4v) is 4.01. The van der Waals surface area contributed by atoms with Gasteiger partial charge in [0.1, 0.15) is 5.56 Å². The molecule has 0 N–H and O–H groups in total. The Hall–Kier alpha value is -3.74. The third-order valence-electron chi connectivity index (χ3n) is 5.44. The minimum atomic E-state index is -1.06. The van der Waals surface area contributed by atoms with Gasteiger partial charge in [0.05, 0.1) is 19.9 Å². The van der Waals surface area contributed by atoms with Crippen LogP contribution >= 0.6 is 0 Å². The molecule has 2 aromatic carbocycles. The summed E-state index contributed by atoms with van der Waals surface area (Å²) in [5.41, 5.74) is 2.86. The third kappa shape index (κ3) is 3.39. The summed E-state index contributed by atoms with van der Waals surface area (Å²) in [4.78, 5) is 35.2. The third-order valence-corrected chi connectivity index (χ3v) is 5.44. The highest BCUT2D eigenvalue weighted by Gasteiger charge is 2.28. The average molecular weight is 404 g/mol. The van der Waals surface area contributed by atoms with E-state index >= 15 is 0 Å². The predicted molar refractivity (Wildman–Crippen MR) is 112 cm³/mol. The topological polar surface area (TPSA) is 87.0 Å². The molecule has 152 valence electrons. The predicted octanol–water partition coefficient (Wildman–Crippen LogP) is 3.78. The maximum Gasteiger partial charge on any atom is 0.322 e. The Bertz CT molecular complexity index is 1180. The first-order valence-electron chi connectivity index (χ1n) is 9.48. The van der Waals surface area contributed by atoms with Gasteiger partial charge in [-0.05, 0) is 36.1 Å². The van der Waals surface area contributed by atoms with Crippen LogP contribution in [-0.4, -0.2) is 24.7 Å². The zero-order chi connectivity index (χ0) is 21.3. The fraction of sp³-hybridized carbons (Fsp3) is 0.217. The molecular weight excluding hydrogens is 384 g/mol. The van der Waals surface area contributed by atoms with Crippen molar-refractivity contribution in [3.63, 3.8) is 0 Å². The van der Waals surface area contributed by atoms with Crippen LogP contribution in [0.1, 0.15) is 27.5 Å². The van der Waals surface area contributed by atoms with E-state index in [1.54, 1.807) is 14.2 Å². The van der Waals surface area contributed by atoms with Gasteiger partial charge in [-0.3, -0.25) is 9.59 Å². The van der Waals surface area contributed by atoms with Crippen LogP contribution in [0.2, 0.25) is 0 Å². The number of aromatic nitrogens is 1. The monoisotopic (exact) mass is 404 g/mol. The standard InChI is InChI=1S/C23H20N2O5/c1-29-21-10-15-9-16(8-14-6-4-3-5-7-14)25-13-18(23(27)24-28)20(26)12-19(25)17(15)11-22(21)30-2/h3-7,10-13,16H,8-9H2,1-2H3. The summed E-state index contributed by atoms with van der Waals surface area (Å²) in [5, 5.41) is 2.43. The van der Waals surface area contributed by atoms with Gasteiger partial charge in [0.25, 0.3) is 0 Å². The molecule has 4 rings (SSSR count). The van der Waals surface area contributed by atoms with Crippen molar-refractivity contribution in [1.29, 1.82) is 0 Å². The second kappa shape index (κ2) is 7.94. The number of fused-ring (bicyclic) bond motifs is 3. The number of hydrogen-bond donors (Lipinski definition) is 0. The summed E-state index contributed by atoms with van der Waals surface area (Å²) >= 11 is 0. The number of methoxy groups -OCH3 is 2. The number of nitroso groups, excluding NO2 is 1. The zero-order valence-electron chi connectivity index (χ0n) is 16.6. The molecule has 1 amide bonds. The second-order valence-electron chi connectivity index (χ2n) is 7.15. The van der Waals surface area contributed by atoms with Gasteiger partial charge < -0.3 is 14.0 Å². The van der Waals surface area contributed by atoms with Crippen LogP contribution in [0.5, 0.6) is 11.5 Å². The molecule has 1 aliphatic heterocycles. The van der Waals surface area contributed by atoms with E-state index in [0.717, 1.165) is 16.7 Å². The molecule has 0 spiro atoms. The number of ether oxygens (including phenoxy) is 2. The molecule has 0 fully saturated rings. The number of carbonyl (C=O) groups is 1. The summed E-state index contributed by atoms with van der Waals surface area (Å²) in [6.07, 6.45) is 2.80. The number of rotatable bonds is 5. The molecule has 1 atom stereocenters. The van der Waals surface area contributed by atoms with Crippen LogP contribution in [0, 0.1) is 4.91 Å². The van der Waals surface area contributed by atoms with Crippen molar-refractivity contribution in [1.82, 2.24) is 4.57 Å². The molecule has 7 nitrogen and oxygen atoms in total. The van der Waals surface area contributed by atoms with Crippen LogP contribution in [0.3, 0.4) is 0 Å². The quantitative estimate of drug-likeness (QED) is 0.604. The summed E-state index contributed by atoms with van der Waals surface area (Å²) in [6, 6.07) is 15.0. The fourth-order valence-electron chi connectivity index (χ4n) is 4.01. The second-order valence-corrected chi connectivity index (χ2v) is 7.15. The number of pyridine rings is 1. The van der Waals surface area contributed by atoms with E-state index in [9.17, 15) is 14.5 Å². The van der Waals surface area contributed by atoms with E-state index in [0.29, 0.717) is 30.0 Å². The Kier molecular flexibility index (Phi) is 5.18. The molecule has 2 heterocycles. The molecule has 3 aromatic rings. The Labute approximate surface area is 172 Å². The van der Waals surface area contributed by atoms with E-state index < -0.39 is 11.3 Å². The molecule has 0 radical (unpaired) electrons. The maximum atomic E-state index is 12.6. The minimum absolute atomic E-state index is 0.0631. The highest BCUT2D eigenvalue weighted by atomic mass is 16.5. The van der Waals surface area contributed by atoms with E-state index in [-0.39, 0.29) is 11.6 Å². The molecule has 0 saturated carbocycles. The lowest BCUT2D eigenvalue weighted by Gasteiger charge is -2.31. The number of amides is 1. The molecule has 1 unspecified atom stereocenters. The Morgan fingerprint density at radius 1 is 1.10 bits per heavy atom. The lowest BCUT2D eigenvalue weighted by Crippen LogP contribution is -2.26. The SMILES string of the molecule is COc1cc2c(cc1OC)-c1cc(=O)c(C(=O)N=O)cn1C(Cc1ccccc1)C2. The van der Waals surface area contributed by atoms with Gasteiger partial charge >= 0.3 is 5.91 Å². The first-order valence-corrected chi connectivity index (χ1v) is 9.48.